The van der Waals surface area contributed by atoms with Crippen LogP contribution in [0.15, 0.2) is 84.1 Å². The molecule has 0 heterocycles. The van der Waals surface area contributed by atoms with Crippen molar-refractivity contribution in [3.63, 3.8) is 0 Å². The van der Waals surface area contributed by atoms with E-state index in [2.05, 4.69) is 92.3 Å². The van der Waals surface area contributed by atoms with Crippen molar-refractivity contribution in [1.29, 1.82) is 0 Å². The van der Waals surface area contributed by atoms with Gasteiger partial charge < -0.3 is 0 Å². The molecule has 25 heavy (non-hydrogen) atoms. The molecule has 0 amide bonds. The van der Waals surface area contributed by atoms with E-state index in [1.54, 1.807) is 10.4 Å². The fraction of sp³-hybridized carbons (Fsp3) is 0.250. The van der Waals surface area contributed by atoms with Gasteiger partial charge in [-0.1, -0.05) is 97.5 Å². The zero-order valence-electron chi connectivity index (χ0n) is 15.2. The van der Waals surface area contributed by atoms with E-state index >= 15 is 0 Å². The van der Waals surface area contributed by atoms with Crippen molar-refractivity contribution in [1.82, 2.24) is 0 Å². The summed E-state index contributed by atoms with van der Waals surface area (Å²) < 4.78 is 0. The maximum absolute atomic E-state index is 2.58. The monoisotopic (exact) mass is 342 g/mol. The Balaban J connectivity index is 1.98. The van der Waals surface area contributed by atoms with Crippen molar-refractivity contribution in [2.75, 3.05) is 0 Å². The van der Waals surface area contributed by atoms with Crippen molar-refractivity contribution in [3.8, 4) is 0 Å². The Labute approximate surface area is 152 Å². The van der Waals surface area contributed by atoms with Gasteiger partial charge in [-0.3, -0.25) is 0 Å². The topological polar surface area (TPSA) is 0 Å². The fourth-order valence-corrected chi connectivity index (χ4v) is 8.62. The molecule has 4 rings (SSSR count). The number of allylic oxidation sites excluding steroid dienone is 2. The summed E-state index contributed by atoms with van der Waals surface area (Å²) in [4.78, 5) is 0. The second kappa shape index (κ2) is 6.65. The third-order valence-corrected chi connectivity index (χ3v) is 10.7. The predicted molar refractivity (Wildman–Crippen MR) is 112 cm³/mol. The zero-order chi connectivity index (χ0) is 17.3. The van der Waals surface area contributed by atoms with Crippen molar-refractivity contribution < 1.29 is 0 Å². The second-order valence-corrected chi connectivity index (χ2v) is 11.6. The Morgan fingerprint density at radius 3 is 2.32 bits per heavy atom. The van der Waals surface area contributed by atoms with Crippen molar-refractivity contribution in [2.24, 2.45) is 5.92 Å². The number of fused-ring (bicyclic) bond motifs is 1. The lowest BCUT2D eigenvalue weighted by molar-refractivity contribution is 0.521. The Hall–Kier alpha value is -2.12. The van der Waals surface area contributed by atoms with Gasteiger partial charge in [-0.15, -0.1) is 0 Å². The van der Waals surface area contributed by atoms with Gasteiger partial charge in [0.1, 0.15) is 8.07 Å². The van der Waals surface area contributed by atoms with Gasteiger partial charge in [0, 0.05) is 0 Å². The lowest BCUT2D eigenvalue weighted by atomic mass is 9.96. The summed E-state index contributed by atoms with van der Waals surface area (Å²) in [6.45, 7) is 4.94. The third-order valence-electron chi connectivity index (χ3n) is 5.99. The second-order valence-electron chi connectivity index (χ2n) is 7.63. The number of hydrogen-bond acceptors (Lipinski definition) is 0. The van der Waals surface area contributed by atoms with Gasteiger partial charge in [-0.05, 0) is 46.3 Å². The van der Waals surface area contributed by atoms with Gasteiger partial charge in [-0.2, -0.15) is 0 Å². The lowest BCUT2D eigenvalue weighted by Crippen LogP contribution is -2.58. The lowest BCUT2D eigenvalue weighted by Gasteiger charge is -2.35. The molecule has 1 heteroatoms. The molecule has 3 aromatic carbocycles. The summed E-state index contributed by atoms with van der Waals surface area (Å²) in [5.41, 5.74) is 0. The molecular weight excluding hydrogens is 316 g/mol. The van der Waals surface area contributed by atoms with Crippen molar-refractivity contribution in [2.45, 2.75) is 32.7 Å². The highest BCUT2D eigenvalue weighted by Crippen LogP contribution is 2.30. The minimum atomic E-state index is -1.93. The molecule has 1 aliphatic carbocycles. The van der Waals surface area contributed by atoms with Crippen LogP contribution in [0.1, 0.15) is 26.2 Å². The summed E-state index contributed by atoms with van der Waals surface area (Å²) in [5, 5.41) is 7.61. The van der Waals surface area contributed by atoms with E-state index in [0.29, 0.717) is 0 Å². The van der Waals surface area contributed by atoms with E-state index in [0.717, 1.165) is 5.92 Å². The van der Waals surface area contributed by atoms with Crippen molar-refractivity contribution in [3.05, 3.63) is 84.1 Å². The van der Waals surface area contributed by atoms with Crippen LogP contribution in [0, 0.1) is 5.92 Å². The molecule has 0 saturated heterocycles. The van der Waals surface area contributed by atoms with Crippen LogP contribution in [-0.4, -0.2) is 8.07 Å². The van der Waals surface area contributed by atoms with Crippen LogP contribution >= 0.6 is 0 Å². The maximum atomic E-state index is 2.58. The van der Waals surface area contributed by atoms with Gasteiger partial charge in [0.2, 0.25) is 0 Å². The van der Waals surface area contributed by atoms with Crippen LogP contribution in [-0.2, 0) is 0 Å². The Morgan fingerprint density at radius 1 is 0.840 bits per heavy atom. The van der Waals surface area contributed by atoms with E-state index in [-0.39, 0.29) is 0 Å². The molecule has 3 aromatic rings. The zero-order valence-corrected chi connectivity index (χ0v) is 16.2. The van der Waals surface area contributed by atoms with E-state index in [4.69, 9.17) is 0 Å². The SMILES string of the molecule is CC1CC=C([Si](C)(c2ccccc2)c2cccc3ccccc23)CC1. The standard InChI is InChI=1S/C24H26Si/c1-19-15-17-22(18-16-19)25(2,21-11-4-3-5-12-21)24-14-8-10-20-9-6-7-13-23(20)24/h3-14,17,19H,15-16,18H2,1-2H3. The van der Waals surface area contributed by atoms with Gasteiger partial charge in [0.05, 0.1) is 0 Å². The summed E-state index contributed by atoms with van der Waals surface area (Å²) >= 11 is 0. The summed E-state index contributed by atoms with van der Waals surface area (Å²) in [6.07, 6.45) is 6.39. The quantitative estimate of drug-likeness (QED) is 0.565. The predicted octanol–water partition coefficient (Wildman–Crippen LogP) is 5.32. The number of rotatable bonds is 3. The van der Waals surface area contributed by atoms with E-state index < -0.39 is 8.07 Å². The Morgan fingerprint density at radius 2 is 1.56 bits per heavy atom. The maximum Gasteiger partial charge on any atom is 0.141 e. The van der Waals surface area contributed by atoms with E-state index in [1.165, 1.54) is 35.2 Å². The van der Waals surface area contributed by atoms with Crippen molar-refractivity contribution >= 4 is 29.2 Å². The molecule has 0 nitrogen and oxygen atoms in total. The molecule has 0 aromatic heterocycles. The Bertz CT molecular complexity index is 904. The van der Waals surface area contributed by atoms with Crippen LogP contribution in [0.25, 0.3) is 10.8 Å². The largest absolute Gasteiger partial charge is 0.141 e. The molecule has 0 radical (unpaired) electrons. The molecule has 0 N–H and O–H groups in total. The minimum absolute atomic E-state index is 0.824. The molecule has 126 valence electrons. The van der Waals surface area contributed by atoms with Crippen LogP contribution < -0.4 is 10.4 Å². The average molecular weight is 343 g/mol. The van der Waals surface area contributed by atoms with Crippen LogP contribution in [0.4, 0.5) is 0 Å². The molecule has 0 saturated carbocycles. The Kier molecular flexibility index (Phi) is 4.35. The summed E-state index contributed by atoms with van der Waals surface area (Å²) in [6, 6.07) is 27.0. The highest BCUT2D eigenvalue weighted by molar-refractivity contribution is 7.07. The first kappa shape index (κ1) is 16.4. The fourth-order valence-electron chi connectivity index (χ4n) is 4.37. The minimum Gasteiger partial charge on any atom is -0.0882 e. The van der Waals surface area contributed by atoms with E-state index in [9.17, 15) is 0 Å². The van der Waals surface area contributed by atoms with Crippen LogP contribution in [0.3, 0.4) is 0 Å². The molecule has 2 unspecified atom stereocenters. The molecule has 2 atom stereocenters. The highest BCUT2D eigenvalue weighted by Gasteiger charge is 2.37. The molecule has 0 aliphatic heterocycles. The molecule has 1 aliphatic rings. The third kappa shape index (κ3) is 2.87. The van der Waals surface area contributed by atoms with Gasteiger partial charge in [-0.25, -0.2) is 0 Å². The highest BCUT2D eigenvalue weighted by atomic mass is 28.3. The first-order chi connectivity index (χ1) is 12.2. The first-order valence-electron chi connectivity index (χ1n) is 9.43. The smallest absolute Gasteiger partial charge is 0.0882 e. The van der Waals surface area contributed by atoms with Gasteiger partial charge >= 0.3 is 0 Å². The number of benzene rings is 3. The first-order valence-corrected chi connectivity index (χ1v) is 11.9. The van der Waals surface area contributed by atoms with Gasteiger partial charge in [0.15, 0.2) is 0 Å². The van der Waals surface area contributed by atoms with E-state index in [1.807, 2.05) is 0 Å². The summed E-state index contributed by atoms with van der Waals surface area (Å²) in [7, 11) is -1.93. The number of hydrogen-bond donors (Lipinski definition) is 0. The summed E-state index contributed by atoms with van der Waals surface area (Å²) in [5.74, 6) is 0.824. The molecule has 0 bridgehead atoms. The van der Waals surface area contributed by atoms with Gasteiger partial charge in [0.25, 0.3) is 0 Å². The van der Waals surface area contributed by atoms with Crippen LogP contribution in [0.5, 0.6) is 0 Å². The molecular formula is C24H26Si. The average Bonchev–Trinajstić information content (AvgIpc) is 2.68. The molecule has 0 fully saturated rings. The molecule has 0 spiro atoms. The van der Waals surface area contributed by atoms with Crippen LogP contribution in [0.2, 0.25) is 6.55 Å². The normalized spacial score (nSPS) is 20.1.